The smallest absolute Gasteiger partial charge is 0.280 e. The number of rotatable bonds is 5. The Bertz CT molecular complexity index is 308. The van der Waals surface area contributed by atoms with Gasteiger partial charge in [-0.1, -0.05) is 13.8 Å². The van der Waals surface area contributed by atoms with E-state index < -0.39 is 6.43 Å². The fourth-order valence-corrected chi connectivity index (χ4v) is 1.50. The molecule has 1 heterocycles. The number of nitrogens with one attached hydrogen (secondary N) is 1. The summed E-state index contributed by atoms with van der Waals surface area (Å²) >= 11 is 0. The van der Waals surface area contributed by atoms with Crippen LogP contribution >= 0.6 is 0 Å². The zero-order valence-corrected chi connectivity index (χ0v) is 9.30. The number of hydrogen-bond acceptors (Lipinski definition) is 2. The number of hydrogen-bond donors (Lipinski definition) is 1. The van der Waals surface area contributed by atoms with Gasteiger partial charge in [0.15, 0.2) is 0 Å². The van der Waals surface area contributed by atoms with Gasteiger partial charge in [0, 0.05) is 18.7 Å². The maximum atomic E-state index is 12.8. The summed E-state index contributed by atoms with van der Waals surface area (Å²) < 4.78 is 27.0. The van der Waals surface area contributed by atoms with Crippen LogP contribution in [-0.4, -0.2) is 16.8 Å². The van der Waals surface area contributed by atoms with Crippen molar-refractivity contribution in [2.45, 2.75) is 33.4 Å². The van der Waals surface area contributed by atoms with Gasteiger partial charge in [0.05, 0.1) is 6.20 Å². The molecule has 5 heteroatoms. The lowest BCUT2D eigenvalue weighted by Gasteiger charge is -2.10. The monoisotopic (exact) mass is 217 g/mol. The van der Waals surface area contributed by atoms with Gasteiger partial charge >= 0.3 is 0 Å². The van der Waals surface area contributed by atoms with E-state index in [4.69, 9.17) is 0 Å². The number of halogens is 2. The van der Waals surface area contributed by atoms with Crippen molar-refractivity contribution in [3.63, 3.8) is 0 Å². The second-order valence-corrected chi connectivity index (χ2v) is 3.96. The van der Waals surface area contributed by atoms with Crippen molar-refractivity contribution in [1.29, 1.82) is 0 Å². The standard InChI is InChI=1S/C10H17F2N3/c1-7(2)6-15-9(10(11)12)8(4-13-3)5-14-15/h5,7,10,13H,4,6H2,1-3H3. The Hall–Kier alpha value is -0.970. The first-order valence-corrected chi connectivity index (χ1v) is 5.03. The van der Waals surface area contributed by atoms with Gasteiger partial charge in [-0.3, -0.25) is 4.68 Å². The predicted molar refractivity (Wildman–Crippen MR) is 54.8 cm³/mol. The molecule has 3 nitrogen and oxygen atoms in total. The second-order valence-electron chi connectivity index (χ2n) is 3.96. The summed E-state index contributed by atoms with van der Waals surface area (Å²) in [7, 11) is 1.73. The van der Waals surface area contributed by atoms with E-state index in [1.165, 1.54) is 10.9 Å². The molecule has 86 valence electrons. The third-order valence-electron chi connectivity index (χ3n) is 2.07. The maximum Gasteiger partial charge on any atom is 0.280 e. The van der Waals surface area contributed by atoms with Gasteiger partial charge in [0.25, 0.3) is 6.43 Å². The molecule has 1 aromatic rings. The minimum Gasteiger partial charge on any atom is -0.316 e. The first-order valence-electron chi connectivity index (χ1n) is 5.03. The molecule has 1 N–H and O–H groups in total. The summed E-state index contributed by atoms with van der Waals surface area (Å²) in [6, 6.07) is 0. The quantitative estimate of drug-likeness (QED) is 0.819. The molecule has 0 unspecified atom stereocenters. The van der Waals surface area contributed by atoms with E-state index in [2.05, 4.69) is 10.4 Å². The van der Waals surface area contributed by atoms with Gasteiger partial charge in [-0.2, -0.15) is 5.10 Å². The van der Waals surface area contributed by atoms with Gasteiger partial charge in [-0.15, -0.1) is 0 Å². The van der Waals surface area contributed by atoms with Gasteiger partial charge < -0.3 is 5.32 Å². The summed E-state index contributed by atoms with van der Waals surface area (Å²) in [4.78, 5) is 0. The zero-order chi connectivity index (χ0) is 11.4. The highest BCUT2D eigenvalue weighted by Gasteiger charge is 2.19. The molecule has 0 fully saturated rings. The third kappa shape index (κ3) is 2.99. The summed E-state index contributed by atoms with van der Waals surface area (Å²) in [5.74, 6) is 0.310. The van der Waals surface area contributed by atoms with Gasteiger partial charge in [0.1, 0.15) is 5.69 Å². The molecule has 0 amide bonds. The Balaban J connectivity index is 2.95. The minimum absolute atomic E-state index is 0.0399. The van der Waals surface area contributed by atoms with E-state index >= 15 is 0 Å². The van der Waals surface area contributed by atoms with Crippen LogP contribution in [0, 0.1) is 5.92 Å². The summed E-state index contributed by atoms with van der Waals surface area (Å²) in [5.41, 5.74) is 0.617. The highest BCUT2D eigenvalue weighted by Crippen LogP contribution is 2.23. The molecule has 0 aliphatic heterocycles. The minimum atomic E-state index is -2.46. The lowest BCUT2D eigenvalue weighted by molar-refractivity contribution is 0.136. The zero-order valence-electron chi connectivity index (χ0n) is 9.30. The number of aromatic nitrogens is 2. The molecule has 0 aliphatic carbocycles. The molecule has 0 bridgehead atoms. The lowest BCUT2D eigenvalue weighted by Crippen LogP contribution is -2.13. The van der Waals surface area contributed by atoms with E-state index in [1.807, 2.05) is 13.8 Å². The SMILES string of the molecule is CNCc1cnn(CC(C)C)c1C(F)F. The van der Waals surface area contributed by atoms with Crippen molar-refractivity contribution in [2.75, 3.05) is 7.05 Å². The van der Waals surface area contributed by atoms with Crippen molar-refractivity contribution < 1.29 is 8.78 Å². The third-order valence-corrected chi connectivity index (χ3v) is 2.07. The Morgan fingerprint density at radius 1 is 1.47 bits per heavy atom. The molecular weight excluding hydrogens is 200 g/mol. The molecule has 1 aromatic heterocycles. The number of alkyl halides is 2. The second kappa shape index (κ2) is 5.21. The van der Waals surface area contributed by atoms with E-state index in [1.54, 1.807) is 7.05 Å². The average Bonchev–Trinajstić information content (AvgIpc) is 2.47. The van der Waals surface area contributed by atoms with Crippen molar-refractivity contribution in [2.24, 2.45) is 5.92 Å². The van der Waals surface area contributed by atoms with Crippen LogP contribution < -0.4 is 5.32 Å². The van der Waals surface area contributed by atoms with Crippen molar-refractivity contribution in [3.05, 3.63) is 17.5 Å². The van der Waals surface area contributed by atoms with Crippen molar-refractivity contribution in [3.8, 4) is 0 Å². The first kappa shape index (κ1) is 12.1. The van der Waals surface area contributed by atoms with Gasteiger partial charge in [-0.25, -0.2) is 8.78 Å². The molecule has 0 atom stereocenters. The molecule has 0 radical (unpaired) electrons. The summed E-state index contributed by atoms with van der Waals surface area (Å²) in [6.45, 7) is 4.92. The number of nitrogens with zero attached hydrogens (tertiary/aromatic N) is 2. The van der Waals surface area contributed by atoms with Crippen molar-refractivity contribution >= 4 is 0 Å². The molecule has 0 aliphatic rings. The largest absolute Gasteiger partial charge is 0.316 e. The fraction of sp³-hybridized carbons (Fsp3) is 0.700. The normalized spacial score (nSPS) is 11.7. The van der Waals surface area contributed by atoms with Gasteiger partial charge in [-0.05, 0) is 13.0 Å². The van der Waals surface area contributed by atoms with Crippen molar-refractivity contribution in [1.82, 2.24) is 15.1 Å². The molecule has 0 aromatic carbocycles. The first-order chi connectivity index (χ1) is 7.06. The lowest BCUT2D eigenvalue weighted by atomic mass is 10.2. The summed E-state index contributed by atoms with van der Waals surface area (Å²) in [5, 5.41) is 6.85. The topological polar surface area (TPSA) is 29.9 Å². The van der Waals surface area contributed by atoms with Gasteiger partial charge in [0.2, 0.25) is 0 Å². The van der Waals surface area contributed by atoms with Crippen LogP contribution in [0.15, 0.2) is 6.20 Å². The molecule has 1 rings (SSSR count). The molecule has 15 heavy (non-hydrogen) atoms. The Kier molecular flexibility index (Phi) is 4.20. The Labute approximate surface area is 88.5 Å². The van der Waals surface area contributed by atoms with Crippen LogP contribution in [0.1, 0.15) is 31.5 Å². The Morgan fingerprint density at radius 3 is 2.60 bits per heavy atom. The van der Waals surface area contributed by atoms with E-state index in [-0.39, 0.29) is 5.69 Å². The Morgan fingerprint density at radius 2 is 2.13 bits per heavy atom. The van der Waals surface area contributed by atoms with Crippen LogP contribution in [0.3, 0.4) is 0 Å². The predicted octanol–water partition coefficient (Wildman–Crippen LogP) is 2.20. The molecule has 0 spiro atoms. The summed E-state index contributed by atoms with van der Waals surface area (Å²) in [6.07, 6.45) is -0.949. The molecular formula is C10H17F2N3. The van der Waals surface area contributed by atoms with E-state index in [0.717, 1.165) is 0 Å². The van der Waals surface area contributed by atoms with E-state index in [9.17, 15) is 8.78 Å². The average molecular weight is 217 g/mol. The highest BCUT2D eigenvalue weighted by atomic mass is 19.3. The van der Waals surface area contributed by atoms with Crippen LogP contribution in [0.5, 0.6) is 0 Å². The highest BCUT2D eigenvalue weighted by molar-refractivity contribution is 5.18. The van der Waals surface area contributed by atoms with Crippen LogP contribution in [0.4, 0.5) is 8.78 Å². The van der Waals surface area contributed by atoms with E-state index in [0.29, 0.717) is 24.6 Å². The van der Waals surface area contributed by atoms with Crippen LogP contribution in [0.25, 0.3) is 0 Å². The molecule has 0 saturated heterocycles. The maximum absolute atomic E-state index is 12.8. The van der Waals surface area contributed by atoms with Crippen LogP contribution in [0.2, 0.25) is 0 Å². The van der Waals surface area contributed by atoms with Crippen LogP contribution in [-0.2, 0) is 13.1 Å². The molecule has 0 saturated carbocycles. The fourth-order valence-electron chi connectivity index (χ4n) is 1.50.